The Morgan fingerprint density at radius 2 is 1.78 bits per heavy atom. The maximum Gasteiger partial charge on any atom is 0.191 e. The van der Waals surface area contributed by atoms with Gasteiger partial charge in [-0.3, -0.25) is 9.89 Å². The van der Waals surface area contributed by atoms with Crippen LogP contribution in [0.1, 0.15) is 45.1 Å². The maximum absolute atomic E-state index is 4.43. The van der Waals surface area contributed by atoms with E-state index in [0.29, 0.717) is 12.1 Å². The lowest BCUT2D eigenvalue weighted by Gasteiger charge is -2.36. The predicted molar refractivity (Wildman–Crippen MR) is 149 cm³/mol. The van der Waals surface area contributed by atoms with Gasteiger partial charge < -0.3 is 20.4 Å². The van der Waals surface area contributed by atoms with Crippen LogP contribution in [0.5, 0.6) is 0 Å². The minimum absolute atomic E-state index is 0. The molecule has 0 spiro atoms. The number of piperidine rings is 1. The number of nitrogens with zero attached hydrogens (tertiary/aromatic N) is 4. The molecule has 1 aromatic carbocycles. The number of piperazine rings is 1. The fraction of sp³-hybridized carbons (Fsp3) is 0.720. The standard InChI is InChI=1S/C25H44N6.HI/c1-21(2)30-14-10-23(11-15-30)28-25(26-4)27-12-5-6-13-29-16-18-31(19-17-29)24-9-7-8-22(3)20-24;/h7-9,20-21,23H,5-6,10-19H2,1-4H3,(H2,26,27,28);1H. The second-order valence-electron chi connectivity index (χ2n) is 9.42. The topological polar surface area (TPSA) is 46.1 Å². The Hall–Kier alpha value is -1.06. The molecule has 0 atom stereocenters. The average molecular weight is 557 g/mol. The van der Waals surface area contributed by atoms with Crippen molar-refractivity contribution in [2.45, 2.75) is 58.5 Å². The van der Waals surface area contributed by atoms with E-state index in [1.807, 2.05) is 7.05 Å². The lowest BCUT2D eigenvalue weighted by atomic mass is 10.0. The predicted octanol–water partition coefficient (Wildman–Crippen LogP) is 3.55. The highest BCUT2D eigenvalue weighted by Crippen LogP contribution is 2.18. The van der Waals surface area contributed by atoms with Gasteiger partial charge >= 0.3 is 0 Å². The number of unbranched alkanes of at least 4 members (excludes halogenated alkanes) is 1. The first-order valence-electron chi connectivity index (χ1n) is 12.3. The van der Waals surface area contributed by atoms with Crippen LogP contribution in [0.3, 0.4) is 0 Å². The normalized spacial score (nSPS) is 19.2. The number of hydrogen-bond acceptors (Lipinski definition) is 4. The van der Waals surface area contributed by atoms with Crippen molar-refractivity contribution in [2.75, 3.05) is 64.3 Å². The Bertz CT molecular complexity index is 679. The van der Waals surface area contributed by atoms with Crippen LogP contribution in [0, 0.1) is 6.92 Å². The average Bonchev–Trinajstić information content (AvgIpc) is 2.79. The Kier molecular flexibility index (Phi) is 12.1. The van der Waals surface area contributed by atoms with E-state index in [0.717, 1.165) is 25.6 Å². The highest BCUT2D eigenvalue weighted by Gasteiger charge is 2.21. The summed E-state index contributed by atoms with van der Waals surface area (Å²) in [5, 5.41) is 7.15. The number of aliphatic imine (C=N–C) groups is 1. The van der Waals surface area contributed by atoms with Crippen LogP contribution in [-0.4, -0.2) is 87.2 Å². The van der Waals surface area contributed by atoms with Gasteiger partial charge in [0.05, 0.1) is 0 Å². The molecule has 0 radical (unpaired) electrons. The zero-order valence-electron chi connectivity index (χ0n) is 20.6. The minimum Gasteiger partial charge on any atom is -0.369 e. The number of aryl methyl sites for hydroxylation is 1. The van der Waals surface area contributed by atoms with Crippen LogP contribution in [0.2, 0.25) is 0 Å². The number of guanidine groups is 1. The summed E-state index contributed by atoms with van der Waals surface area (Å²) in [5.74, 6) is 0.967. The van der Waals surface area contributed by atoms with Gasteiger partial charge in [0.1, 0.15) is 0 Å². The van der Waals surface area contributed by atoms with Gasteiger partial charge in [0.2, 0.25) is 0 Å². The van der Waals surface area contributed by atoms with Crippen molar-refractivity contribution < 1.29 is 0 Å². The van der Waals surface area contributed by atoms with Crippen molar-refractivity contribution in [3.8, 4) is 0 Å². The third-order valence-corrected chi connectivity index (χ3v) is 6.76. The fourth-order valence-corrected chi connectivity index (χ4v) is 4.67. The van der Waals surface area contributed by atoms with Gasteiger partial charge in [0.15, 0.2) is 5.96 Å². The first-order chi connectivity index (χ1) is 15.0. The van der Waals surface area contributed by atoms with Gasteiger partial charge in [-0.25, -0.2) is 0 Å². The Morgan fingerprint density at radius 3 is 2.41 bits per heavy atom. The second-order valence-corrected chi connectivity index (χ2v) is 9.42. The zero-order chi connectivity index (χ0) is 22.1. The van der Waals surface area contributed by atoms with Crippen molar-refractivity contribution in [2.24, 2.45) is 4.99 Å². The Labute approximate surface area is 213 Å². The van der Waals surface area contributed by atoms with Crippen molar-refractivity contribution >= 4 is 35.6 Å². The molecule has 32 heavy (non-hydrogen) atoms. The van der Waals surface area contributed by atoms with Crippen LogP contribution < -0.4 is 15.5 Å². The summed E-state index contributed by atoms with van der Waals surface area (Å²) in [6.45, 7) is 15.9. The molecule has 0 aromatic heterocycles. The molecule has 2 fully saturated rings. The van der Waals surface area contributed by atoms with Gasteiger partial charge in [-0.1, -0.05) is 12.1 Å². The number of halogens is 1. The van der Waals surface area contributed by atoms with E-state index in [2.05, 4.69) is 75.4 Å². The van der Waals surface area contributed by atoms with Crippen molar-refractivity contribution in [3.05, 3.63) is 29.8 Å². The van der Waals surface area contributed by atoms with Gasteiger partial charge in [-0.2, -0.15) is 0 Å². The van der Waals surface area contributed by atoms with Crippen molar-refractivity contribution in [3.63, 3.8) is 0 Å². The summed E-state index contributed by atoms with van der Waals surface area (Å²) in [6.07, 6.45) is 4.83. The molecule has 2 aliphatic rings. The molecule has 1 aromatic rings. The molecular weight excluding hydrogens is 511 g/mol. The molecule has 6 nitrogen and oxygen atoms in total. The Morgan fingerprint density at radius 1 is 1.06 bits per heavy atom. The highest BCUT2D eigenvalue weighted by atomic mass is 127. The fourth-order valence-electron chi connectivity index (χ4n) is 4.67. The SMILES string of the molecule is CN=C(NCCCCN1CCN(c2cccc(C)c2)CC1)NC1CCN(C(C)C)CC1.I. The summed E-state index contributed by atoms with van der Waals surface area (Å²) < 4.78 is 0. The van der Waals surface area contributed by atoms with E-state index < -0.39 is 0 Å². The third kappa shape index (κ3) is 8.71. The molecule has 2 aliphatic heterocycles. The van der Waals surface area contributed by atoms with Crippen LogP contribution in [0.25, 0.3) is 0 Å². The van der Waals surface area contributed by atoms with Crippen LogP contribution in [0.4, 0.5) is 5.69 Å². The van der Waals surface area contributed by atoms with E-state index in [9.17, 15) is 0 Å². The summed E-state index contributed by atoms with van der Waals surface area (Å²) in [6, 6.07) is 10.1. The lowest BCUT2D eigenvalue weighted by Crippen LogP contribution is -2.50. The molecule has 2 heterocycles. The Balaban J connectivity index is 0.00000363. The summed E-state index contributed by atoms with van der Waals surface area (Å²) in [7, 11) is 1.88. The lowest BCUT2D eigenvalue weighted by molar-refractivity contribution is 0.167. The van der Waals surface area contributed by atoms with Crippen molar-refractivity contribution in [1.29, 1.82) is 0 Å². The van der Waals surface area contributed by atoms with E-state index >= 15 is 0 Å². The van der Waals surface area contributed by atoms with E-state index in [1.165, 1.54) is 69.7 Å². The second kappa shape index (κ2) is 14.3. The summed E-state index contributed by atoms with van der Waals surface area (Å²) >= 11 is 0. The third-order valence-electron chi connectivity index (χ3n) is 6.76. The number of anilines is 1. The molecule has 0 amide bonds. The van der Waals surface area contributed by atoms with E-state index in [-0.39, 0.29) is 24.0 Å². The maximum atomic E-state index is 4.43. The smallest absolute Gasteiger partial charge is 0.191 e. The molecule has 2 saturated heterocycles. The van der Waals surface area contributed by atoms with Gasteiger partial charge in [-0.05, 0) is 70.7 Å². The van der Waals surface area contributed by atoms with Gasteiger partial charge in [-0.15, -0.1) is 24.0 Å². The number of rotatable bonds is 8. The molecule has 182 valence electrons. The molecule has 0 unspecified atom stereocenters. The molecule has 0 bridgehead atoms. The van der Waals surface area contributed by atoms with Crippen LogP contribution in [0.15, 0.2) is 29.3 Å². The first kappa shape index (κ1) is 27.2. The monoisotopic (exact) mass is 556 g/mol. The molecule has 0 aliphatic carbocycles. The summed E-state index contributed by atoms with van der Waals surface area (Å²) in [4.78, 5) is 12.1. The largest absolute Gasteiger partial charge is 0.369 e. The van der Waals surface area contributed by atoms with Gasteiger partial charge in [0.25, 0.3) is 0 Å². The van der Waals surface area contributed by atoms with E-state index in [4.69, 9.17) is 0 Å². The molecule has 0 saturated carbocycles. The number of hydrogen-bond donors (Lipinski definition) is 2. The molecule has 7 heteroatoms. The number of nitrogens with one attached hydrogen (secondary N) is 2. The zero-order valence-corrected chi connectivity index (χ0v) is 23.0. The van der Waals surface area contributed by atoms with Crippen LogP contribution in [-0.2, 0) is 0 Å². The van der Waals surface area contributed by atoms with Crippen LogP contribution >= 0.6 is 24.0 Å². The summed E-state index contributed by atoms with van der Waals surface area (Å²) in [5.41, 5.74) is 2.72. The number of benzene rings is 1. The molecular formula is C25H45IN6. The molecule has 2 N–H and O–H groups in total. The van der Waals surface area contributed by atoms with Gasteiger partial charge in [0, 0.05) is 70.6 Å². The quantitative estimate of drug-likeness (QED) is 0.222. The van der Waals surface area contributed by atoms with E-state index in [1.54, 1.807) is 0 Å². The molecule has 3 rings (SSSR count). The minimum atomic E-state index is 0. The first-order valence-corrected chi connectivity index (χ1v) is 12.3. The number of likely N-dealkylation sites (tertiary alicyclic amines) is 1. The van der Waals surface area contributed by atoms with Crippen molar-refractivity contribution in [1.82, 2.24) is 20.4 Å². The highest BCUT2D eigenvalue weighted by molar-refractivity contribution is 14.0.